The zero-order chi connectivity index (χ0) is 8.97. The van der Waals surface area contributed by atoms with E-state index in [0.717, 1.165) is 4.88 Å². The molecule has 0 saturated heterocycles. The minimum absolute atomic E-state index is 0.190. The third-order valence-electron chi connectivity index (χ3n) is 1.20. The van der Waals surface area contributed by atoms with Crippen molar-refractivity contribution in [2.45, 2.75) is 6.42 Å². The number of rotatable bonds is 3. The molecule has 0 aliphatic rings. The maximum atomic E-state index is 10.9. The summed E-state index contributed by atoms with van der Waals surface area (Å²) in [5, 5.41) is 20.6. The molecule has 1 amide bonds. The molecule has 1 heterocycles. The number of carbonyl (C=O) groups excluding carboxylic acids is 1. The van der Waals surface area contributed by atoms with Gasteiger partial charge in [-0.1, -0.05) is 6.07 Å². The van der Waals surface area contributed by atoms with Crippen LogP contribution in [0.1, 0.15) is 4.88 Å². The van der Waals surface area contributed by atoms with Crippen molar-refractivity contribution in [2.75, 3.05) is 0 Å². The van der Waals surface area contributed by atoms with Crippen LogP contribution in [0.2, 0.25) is 0 Å². The molecule has 6 heteroatoms. The minimum Gasteiger partial charge on any atom is -0.408 e. The summed E-state index contributed by atoms with van der Waals surface area (Å²) in [6.45, 7) is 0. The number of carbonyl (C=O) groups is 1. The minimum atomic E-state index is -1.77. The Morgan fingerprint density at radius 3 is 2.92 bits per heavy atom. The molecule has 4 nitrogen and oxygen atoms in total. The Bertz CT molecular complexity index is 249. The summed E-state index contributed by atoms with van der Waals surface area (Å²) < 4.78 is 0. The number of hydrogen-bond donors (Lipinski definition) is 3. The van der Waals surface area contributed by atoms with Gasteiger partial charge in [-0.05, 0) is 11.4 Å². The summed E-state index contributed by atoms with van der Waals surface area (Å²) in [5.74, 6) is -0.396. The van der Waals surface area contributed by atoms with Crippen LogP contribution in [0.4, 0.5) is 0 Å². The van der Waals surface area contributed by atoms with Gasteiger partial charge < -0.3 is 15.3 Å². The maximum absolute atomic E-state index is 10.9. The summed E-state index contributed by atoms with van der Waals surface area (Å²) in [6.07, 6.45) is 0.190. The molecule has 0 atom stereocenters. The molecule has 0 aromatic carbocycles. The molecule has 0 aliphatic heterocycles. The first-order valence-corrected chi connectivity index (χ1v) is 4.24. The monoisotopic (exact) mass is 185 g/mol. The number of hydrogen-bond acceptors (Lipinski definition) is 4. The lowest BCUT2D eigenvalue weighted by Crippen LogP contribution is -2.39. The standard InChI is InChI=1S/C6H8BNO3S/c9-6(8-7(10)11)4-5-2-1-3-12-5/h1-3,10-11H,4H2,(H,8,9). The van der Waals surface area contributed by atoms with Crippen LogP contribution in [0.5, 0.6) is 0 Å². The Hall–Kier alpha value is -0.845. The average molecular weight is 185 g/mol. The molecule has 0 bridgehead atoms. The first kappa shape index (κ1) is 9.24. The van der Waals surface area contributed by atoms with Gasteiger partial charge in [-0.2, -0.15) is 0 Å². The Balaban J connectivity index is 2.37. The largest absolute Gasteiger partial charge is 0.587 e. The summed E-state index contributed by atoms with van der Waals surface area (Å²) in [6, 6.07) is 3.65. The van der Waals surface area contributed by atoms with E-state index in [0.29, 0.717) is 0 Å². The Morgan fingerprint density at radius 2 is 2.42 bits per heavy atom. The molecule has 64 valence electrons. The smallest absolute Gasteiger partial charge is 0.408 e. The third kappa shape index (κ3) is 3.04. The molecule has 1 aromatic rings. The zero-order valence-electron chi connectivity index (χ0n) is 6.23. The van der Waals surface area contributed by atoms with Crippen LogP contribution in [-0.4, -0.2) is 23.2 Å². The Kier molecular flexibility index (Phi) is 3.27. The fourth-order valence-corrected chi connectivity index (χ4v) is 1.47. The fourth-order valence-electron chi connectivity index (χ4n) is 0.766. The molecule has 3 N–H and O–H groups in total. The highest BCUT2D eigenvalue weighted by Crippen LogP contribution is 2.08. The van der Waals surface area contributed by atoms with E-state index in [4.69, 9.17) is 10.0 Å². The number of amides is 1. The quantitative estimate of drug-likeness (QED) is 0.549. The molecule has 0 spiro atoms. The molecule has 0 radical (unpaired) electrons. The first-order valence-electron chi connectivity index (χ1n) is 3.36. The average Bonchev–Trinajstić information content (AvgIpc) is 2.37. The topological polar surface area (TPSA) is 69.6 Å². The highest BCUT2D eigenvalue weighted by molar-refractivity contribution is 7.10. The van der Waals surface area contributed by atoms with E-state index in [9.17, 15) is 4.79 Å². The summed E-state index contributed by atoms with van der Waals surface area (Å²) >= 11 is 1.45. The molecular formula is C6H8BNO3S. The van der Waals surface area contributed by atoms with Crippen LogP contribution in [0.25, 0.3) is 0 Å². The zero-order valence-corrected chi connectivity index (χ0v) is 7.04. The number of thiophene rings is 1. The van der Waals surface area contributed by atoms with Gasteiger partial charge in [0, 0.05) is 4.88 Å². The van der Waals surface area contributed by atoms with Crippen molar-refractivity contribution in [1.29, 1.82) is 0 Å². The van der Waals surface area contributed by atoms with Crippen molar-refractivity contribution < 1.29 is 14.8 Å². The normalized spacial score (nSPS) is 9.50. The van der Waals surface area contributed by atoms with Gasteiger partial charge in [0.2, 0.25) is 5.91 Å². The van der Waals surface area contributed by atoms with Crippen molar-refractivity contribution in [3.63, 3.8) is 0 Å². The predicted octanol–water partition coefficient (Wildman–Crippen LogP) is -0.624. The molecule has 0 fully saturated rings. The molecule has 1 aromatic heterocycles. The van der Waals surface area contributed by atoms with Gasteiger partial charge in [-0.25, -0.2) is 0 Å². The van der Waals surface area contributed by atoms with Crippen LogP contribution >= 0.6 is 11.3 Å². The maximum Gasteiger partial charge on any atom is 0.587 e. The summed E-state index contributed by atoms with van der Waals surface area (Å²) in [4.78, 5) is 11.8. The molecular weight excluding hydrogens is 177 g/mol. The summed E-state index contributed by atoms with van der Waals surface area (Å²) in [5.41, 5.74) is 0. The highest BCUT2D eigenvalue weighted by atomic mass is 32.1. The Morgan fingerprint density at radius 1 is 1.67 bits per heavy atom. The van der Waals surface area contributed by atoms with Crippen LogP contribution in [0.15, 0.2) is 17.5 Å². The number of nitrogens with one attached hydrogen (secondary N) is 1. The third-order valence-corrected chi connectivity index (χ3v) is 2.08. The predicted molar refractivity (Wildman–Crippen MR) is 46.4 cm³/mol. The highest BCUT2D eigenvalue weighted by Gasteiger charge is 2.12. The molecule has 0 saturated carbocycles. The lowest BCUT2D eigenvalue weighted by molar-refractivity contribution is -0.119. The van der Waals surface area contributed by atoms with Crippen molar-refractivity contribution in [1.82, 2.24) is 5.23 Å². The van der Waals surface area contributed by atoms with E-state index < -0.39 is 13.2 Å². The van der Waals surface area contributed by atoms with E-state index in [1.54, 1.807) is 0 Å². The first-order chi connectivity index (χ1) is 5.68. The van der Waals surface area contributed by atoms with Crippen molar-refractivity contribution in [3.05, 3.63) is 22.4 Å². The van der Waals surface area contributed by atoms with E-state index in [2.05, 4.69) is 0 Å². The van der Waals surface area contributed by atoms with E-state index in [1.165, 1.54) is 11.3 Å². The Labute approximate surface area is 74.0 Å². The van der Waals surface area contributed by atoms with Crippen molar-refractivity contribution in [2.24, 2.45) is 0 Å². The van der Waals surface area contributed by atoms with Gasteiger partial charge >= 0.3 is 7.25 Å². The van der Waals surface area contributed by atoms with Crippen LogP contribution < -0.4 is 5.23 Å². The molecule has 12 heavy (non-hydrogen) atoms. The second-order valence-electron chi connectivity index (χ2n) is 2.20. The van der Waals surface area contributed by atoms with Gasteiger partial charge in [0.25, 0.3) is 0 Å². The van der Waals surface area contributed by atoms with Crippen molar-refractivity contribution >= 4 is 24.5 Å². The lowest BCUT2D eigenvalue weighted by Gasteiger charge is -2.00. The van der Waals surface area contributed by atoms with Gasteiger partial charge in [0.05, 0.1) is 6.42 Å². The van der Waals surface area contributed by atoms with Gasteiger partial charge in [-0.15, -0.1) is 11.3 Å². The van der Waals surface area contributed by atoms with Gasteiger partial charge in [-0.3, -0.25) is 4.79 Å². The second-order valence-corrected chi connectivity index (χ2v) is 3.23. The second kappa shape index (κ2) is 4.25. The van der Waals surface area contributed by atoms with Gasteiger partial charge in [0.1, 0.15) is 0 Å². The van der Waals surface area contributed by atoms with E-state index >= 15 is 0 Å². The SMILES string of the molecule is O=C(Cc1cccs1)NB(O)O. The van der Waals surface area contributed by atoms with Gasteiger partial charge in [0.15, 0.2) is 0 Å². The molecule has 1 rings (SSSR count). The lowest BCUT2D eigenvalue weighted by atomic mass is 10.1. The van der Waals surface area contributed by atoms with E-state index in [-0.39, 0.29) is 6.42 Å². The summed E-state index contributed by atoms with van der Waals surface area (Å²) in [7, 11) is -1.77. The van der Waals surface area contributed by atoms with Crippen LogP contribution in [-0.2, 0) is 11.2 Å². The van der Waals surface area contributed by atoms with Crippen LogP contribution in [0, 0.1) is 0 Å². The van der Waals surface area contributed by atoms with Crippen LogP contribution in [0.3, 0.4) is 0 Å². The van der Waals surface area contributed by atoms with E-state index in [1.807, 2.05) is 22.7 Å². The molecule has 0 aliphatic carbocycles. The molecule has 0 unspecified atom stereocenters. The van der Waals surface area contributed by atoms with Crippen molar-refractivity contribution in [3.8, 4) is 0 Å². The fraction of sp³-hybridized carbons (Fsp3) is 0.167.